The van der Waals surface area contributed by atoms with Crippen molar-refractivity contribution in [1.82, 2.24) is 5.32 Å². The molecule has 1 saturated carbocycles. The molecule has 0 aromatic carbocycles. The van der Waals surface area contributed by atoms with Gasteiger partial charge in [-0.3, -0.25) is 4.79 Å². The lowest BCUT2D eigenvalue weighted by Gasteiger charge is -2.40. The molecule has 0 spiro atoms. The first kappa shape index (κ1) is 14.5. The standard InChI is InChI=1S/C14H28N2O/c1-10(15)14(4,5)16-12(17)11-8-6-7-9-13(11,2)3/h10-11H,6-9,15H2,1-5H3,(H,16,17). The van der Waals surface area contributed by atoms with E-state index in [4.69, 9.17) is 5.73 Å². The Morgan fingerprint density at radius 1 is 1.41 bits per heavy atom. The average Bonchev–Trinajstić information content (AvgIpc) is 2.15. The van der Waals surface area contributed by atoms with Gasteiger partial charge in [-0.1, -0.05) is 26.7 Å². The molecule has 0 radical (unpaired) electrons. The summed E-state index contributed by atoms with van der Waals surface area (Å²) in [6, 6.07) is -0.0434. The van der Waals surface area contributed by atoms with Gasteiger partial charge in [0.15, 0.2) is 0 Å². The number of nitrogens with two attached hydrogens (primary N) is 1. The smallest absolute Gasteiger partial charge is 0.224 e. The quantitative estimate of drug-likeness (QED) is 0.796. The summed E-state index contributed by atoms with van der Waals surface area (Å²) in [7, 11) is 0. The van der Waals surface area contributed by atoms with E-state index in [1.165, 1.54) is 12.8 Å². The monoisotopic (exact) mass is 240 g/mol. The molecule has 1 aliphatic rings. The van der Waals surface area contributed by atoms with Crippen molar-refractivity contribution in [2.75, 3.05) is 0 Å². The molecule has 0 aromatic heterocycles. The molecule has 3 nitrogen and oxygen atoms in total. The minimum absolute atomic E-state index is 0.0434. The predicted octanol–water partition coefficient (Wildman–Crippen LogP) is 2.44. The van der Waals surface area contributed by atoms with Gasteiger partial charge in [-0.05, 0) is 39.0 Å². The average molecular weight is 240 g/mol. The summed E-state index contributed by atoms with van der Waals surface area (Å²) >= 11 is 0. The van der Waals surface area contributed by atoms with E-state index in [1.54, 1.807) is 0 Å². The highest BCUT2D eigenvalue weighted by Gasteiger charge is 2.39. The fraction of sp³-hybridized carbons (Fsp3) is 0.929. The molecule has 3 heteroatoms. The maximum atomic E-state index is 12.4. The first-order chi connectivity index (χ1) is 7.67. The van der Waals surface area contributed by atoms with Gasteiger partial charge in [0.05, 0.1) is 0 Å². The molecule has 100 valence electrons. The minimum atomic E-state index is -0.329. The normalized spacial score (nSPS) is 26.4. The van der Waals surface area contributed by atoms with Crippen molar-refractivity contribution in [1.29, 1.82) is 0 Å². The molecule has 0 aromatic rings. The van der Waals surface area contributed by atoms with Crippen molar-refractivity contribution in [3.8, 4) is 0 Å². The van der Waals surface area contributed by atoms with Crippen molar-refractivity contribution in [2.24, 2.45) is 17.1 Å². The summed E-state index contributed by atoms with van der Waals surface area (Å²) in [6.45, 7) is 10.3. The molecule has 1 fully saturated rings. The van der Waals surface area contributed by atoms with Gasteiger partial charge in [-0.2, -0.15) is 0 Å². The van der Waals surface area contributed by atoms with E-state index in [0.717, 1.165) is 12.8 Å². The highest BCUT2D eigenvalue weighted by atomic mass is 16.2. The zero-order valence-electron chi connectivity index (χ0n) is 12.0. The second-order valence-corrected chi connectivity index (χ2v) is 6.79. The van der Waals surface area contributed by atoms with E-state index in [0.29, 0.717) is 0 Å². The van der Waals surface area contributed by atoms with Crippen LogP contribution in [0.25, 0.3) is 0 Å². The van der Waals surface area contributed by atoms with Crippen molar-refractivity contribution >= 4 is 5.91 Å². The second-order valence-electron chi connectivity index (χ2n) is 6.79. The topological polar surface area (TPSA) is 55.1 Å². The zero-order valence-corrected chi connectivity index (χ0v) is 12.0. The number of carbonyl (C=O) groups excluding carboxylic acids is 1. The first-order valence-corrected chi connectivity index (χ1v) is 6.74. The van der Waals surface area contributed by atoms with Crippen LogP contribution in [0.3, 0.4) is 0 Å². The molecule has 2 unspecified atom stereocenters. The molecule has 17 heavy (non-hydrogen) atoms. The Morgan fingerprint density at radius 3 is 2.47 bits per heavy atom. The van der Waals surface area contributed by atoms with Crippen LogP contribution in [0.5, 0.6) is 0 Å². The first-order valence-electron chi connectivity index (χ1n) is 6.74. The van der Waals surface area contributed by atoms with Crippen molar-refractivity contribution < 1.29 is 4.79 Å². The summed E-state index contributed by atoms with van der Waals surface area (Å²) in [4.78, 5) is 12.4. The molecule has 1 aliphatic carbocycles. The van der Waals surface area contributed by atoms with E-state index < -0.39 is 0 Å². The molecule has 1 rings (SSSR count). The Balaban J connectivity index is 2.70. The summed E-state index contributed by atoms with van der Waals surface area (Å²) < 4.78 is 0. The van der Waals surface area contributed by atoms with Gasteiger partial charge < -0.3 is 11.1 Å². The van der Waals surface area contributed by atoms with Gasteiger partial charge in [0.2, 0.25) is 5.91 Å². The molecule has 3 N–H and O–H groups in total. The number of carbonyl (C=O) groups is 1. The van der Waals surface area contributed by atoms with Gasteiger partial charge in [0.25, 0.3) is 0 Å². The number of hydrogen-bond acceptors (Lipinski definition) is 2. The van der Waals surface area contributed by atoms with E-state index in [2.05, 4.69) is 19.2 Å². The van der Waals surface area contributed by atoms with Crippen LogP contribution in [-0.4, -0.2) is 17.5 Å². The van der Waals surface area contributed by atoms with Crippen LogP contribution < -0.4 is 11.1 Å². The van der Waals surface area contributed by atoms with Crippen molar-refractivity contribution in [2.45, 2.75) is 71.9 Å². The molecule has 2 atom stereocenters. The molecule has 0 bridgehead atoms. The van der Waals surface area contributed by atoms with Gasteiger partial charge >= 0.3 is 0 Å². The number of hydrogen-bond donors (Lipinski definition) is 2. The van der Waals surface area contributed by atoms with E-state index in [9.17, 15) is 4.79 Å². The van der Waals surface area contributed by atoms with Crippen LogP contribution in [0.2, 0.25) is 0 Å². The molecule has 0 heterocycles. The minimum Gasteiger partial charge on any atom is -0.349 e. The third-order valence-electron chi connectivity index (χ3n) is 4.41. The second kappa shape index (κ2) is 4.97. The predicted molar refractivity (Wildman–Crippen MR) is 71.6 cm³/mol. The summed E-state index contributed by atoms with van der Waals surface area (Å²) in [5, 5.41) is 3.12. The van der Waals surface area contributed by atoms with Gasteiger partial charge in [0, 0.05) is 17.5 Å². The molecular weight excluding hydrogens is 212 g/mol. The fourth-order valence-electron chi connectivity index (χ4n) is 2.50. The Labute approximate surface area is 106 Å². The molecular formula is C14H28N2O. The SMILES string of the molecule is CC(N)C(C)(C)NC(=O)C1CCCCC1(C)C. The Kier molecular flexibility index (Phi) is 4.23. The van der Waals surface area contributed by atoms with Gasteiger partial charge in [0.1, 0.15) is 0 Å². The van der Waals surface area contributed by atoms with Crippen LogP contribution in [0, 0.1) is 11.3 Å². The molecule has 0 saturated heterocycles. The lowest BCUT2D eigenvalue weighted by molar-refractivity contribution is -0.132. The van der Waals surface area contributed by atoms with Crippen LogP contribution in [0.4, 0.5) is 0 Å². The summed E-state index contributed by atoms with van der Waals surface area (Å²) in [6.07, 6.45) is 4.56. The Morgan fingerprint density at radius 2 is 2.00 bits per heavy atom. The third-order valence-corrected chi connectivity index (χ3v) is 4.41. The van der Waals surface area contributed by atoms with Gasteiger partial charge in [-0.25, -0.2) is 0 Å². The van der Waals surface area contributed by atoms with Crippen LogP contribution >= 0.6 is 0 Å². The number of amides is 1. The van der Waals surface area contributed by atoms with Crippen LogP contribution in [0.1, 0.15) is 60.3 Å². The van der Waals surface area contributed by atoms with E-state index in [-0.39, 0.29) is 28.8 Å². The fourth-order valence-corrected chi connectivity index (χ4v) is 2.50. The maximum Gasteiger partial charge on any atom is 0.224 e. The van der Waals surface area contributed by atoms with Crippen LogP contribution in [-0.2, 0) is 4.79 Å². The highest BCUT2D eigenvalue weighted by molar-refractivity contribution is 5.80. The molecule has 0 aliphatic heterocycles. The van der Waals surface area contributed by atoms with Gasteiger partial charge in [-0.15, -0.1) is 0 Å². The lowest BCUT2D eigenvalue weighted by atomic mass is 9.68. The van der Waals surface area contributed by atoms with Crippen molar-refractivity contribution in [3.63, 3.8) is 0 Å². The largest absolute Gasteiger partial charge is 0.349 e. The number of rotatable bonds is 3. The Bertz CT molecular complexity index is 282. The third kappa shape index (κ3) is 3.44. The highest BCUT2D eigenvalue weighted by Crippen LogP contribution is 2.40. The zero-order chi connectivity index (χ0) is 13.3. The molecule has 1 amide bonds. The van der Waals surface area contributed by atoms with Crippen LogP contribution in [0.15, 0.2) is 0 Å². The summed E-state index contributed by atoms with van der Waals surface area (Å²) in [5.74, 6) is 0.311. The maximum absolute atomic E-state index is 12.4. The van der Waals surface area contributed by atoms with Crippen molar-refractivity contribution in [3.05, 3.63) is 0 Å². The number of nitrogens with one attached hydrogen (secondary N) is 1. The lowest BCUT2D eigenvalue weighted by Crippen LogP contribution is -2.57. The Hall–Kier alpha value is -0.570. The van der Waals surface area contributed by atoms with E-state index in [1.807, 2.05) is 20.8 Å². The van der Waals surface area contributed by atoms with E-state index >= 15 is 0 Å². The summed E-state index contributed by atoms with van der Waals surface area (Å²) in [5.41, 5.74) is 5.69.